The maximum Gasteiger partial charge on any atom is 0.307 e. The molecule has 1 aromatic heterocycles. The molecule has 3 heteroatoms. The van der Waals surface area contributed by atoms with Gasteiger partial charge in [-0.05, 0) is 43.0 Å². The van der Waals surface area contributed by atoms with Crippen molar-refractivity contribution in [1.29, 1.82) is 0 Å². The zero-order valence-electron chi connectivity index (χ0n) is 9.55. The van der Waals surface area contributed by atoms with Gasteiger partial charge in [-0.25, -0.2) is 0 Å². The van der Waals surface area contributed by atoms with Crippen LogP contribution in [0.1, 0.15) is 23.6 Å². The number of carboxylic acid groups (broad SMARTS) is 1. The van der Waals surface area contributed by atoms with E-state index in [-0.39, 0.29) is 11.8 Å². The Balaban J connectivity index is 1.98. The molecule has 0 radical (unpaired) electrons. The first-order valence-electron chi connectivity index (χ1n) is 5.75. The van der Waals surface area contributed by atoms with Crippen LogP contribution in [0, 0.1) is 12.8 Å². The SMILES string of the molecule is Cc1ccc2cc([C@@H]3C[C@H]3C(=O)O)ccc2n1. The van der Waals surface area contributed by atoms with Gasteiger partial charge in [0.1, 0.15) is 0 Å². The Morgan fingerprint density at radius 1 is 1.35 bits per heavy atom. The lowest BCUT2D eigenvalue weighted by Crippen LogP contribution is -1.98. The number of aryl methyl sites for hydroxylation is 1. The highest BCUT2D eigenvalue weighted by Gasteiger charge is 2.44. The van der Waals surface area contributed by atoms with Crippen molar-refractivity contribution in [3.05, 3.63) is 41.6 Å². The van der Waals surface area contributed by atoms with E-state index < -0.39 is 5.97 Å². The van der Waals surface area contributed by atoms with Crippen LogP contribution < -0.4 is 0 Å². The molecule has 2 aromatic rings. The molecule has 1 aliphatic carbocycles. The van der Waals surface area contributed by atoms with Crippen molar-refractivity contribution in [2.75, 3.05) is 0 Å². The van der Waals surface area contributed by atoms with Crippen LogP contribution in [0.5, 0.6) is 0 Å². The van der Waals surface area contributed by atoms with E-state index in [9.17, 15) is 4.79 Å². The molecule has 1 fully saturated rings. The van der Waals surface area contributed by atoms with E-state index in [0.29, 0.717) is 0 Å². The molecule has 0 bridgehead atoms. The lowest BCUT2D eigenvalue weighted by atomic mass is 10.1. The summed E-state index contributed by atoms with van der Waals surface area (Å²) < 4.78 is 0. The topological polar surface area (TPSA) is 50.2 Å². The Kier molecular flexibility index (Phi) is 2.15. The second kappa shape index (κ2) is 3.55. The Bertz CT molecular complexity index is 606. The van der Waals surface area contributed by atoms with Gasteiger partial charge in [0.25, 0.3) is 0 Å². The number of carbonyl (C=O) groups is 1. The van der Waals surface area contributed by atoms with Crippen LogP contribution in [-0.4, -0.2) is 16.1 Å². The van der Waals surface area contributed by atoms with E-state index in [0.717, 1.165) is 28.6 Å². The zero-order chi connectivity index (χ0) is 12.0. The Morgan fingerprint density at radius 3 is 2.88 bits per heavy atom. The number of benzene rings is 1. The number of hydrogen-bond donors (Lipinski definition) is 1. The van der Waals surface area contributed by atoms with Gasteiger partial charge in [0.05, 0.1) is 11.4 Å². The summed E-state index contributed by atoms with van der Waals surface area (Å²) in [6.07, 6.45) is 0.764. The third-order valence-corrected chi connectivity index (χ3v) is 3.39. The maximum absolute atomic E-state index is 10.8. The smallest absolute Gasteiger partial charge is 0.307 e. The van der Waals surface area contributed by atoms with Crippen LogP contribution in [0.25, 0.3) is 10.9 Å². The number of nitrogens with zero attached hydrogens (tertiary/aromatic N) is 1. The average Bonchev–Trinajstić information content (AvgIpc) is 3.08. The molecule has 0 unspecified atom stereocenters. The molecule has 1 saturated carbocycles. The lowest BCUT2D eigenvalue weighted by Gasteiger charge is -2.03. The molecule has 0 aliphatic heterocycles. The molecule has 17 heavy (non-hydrogen) atoms. The molecule has 2 atom stereocenters. The lowest BCUT2D eigenvalue weighted by molar-refractivity contribution is -0.138. The predicted octanol–water partition coefficient (Wildman–Crippen LogP) is 2.73. The fourth-order valence-corrected chi connectivity index (χ4v) is 2.31. The number of carboxylic acids is 1. The highest BCUT2D eigenvalue weighted by molar-refractivity contribution is 5.81. The fraction of sp³-hybridized carbons (Fsp3) is 0.286. The van der Waals surface area contributed by atoms with E-state index in [1.807, 2.05) is 31.2 Å². The van der Waals surface area contributed by atoms with Crippen LogP contribution in [0.15, 0.2) is 30.3 Å². The van der Waals surface area contributed by atoms with Crippen LogP contribution in [0.3, 0.4) is 0 Å². The minimum absolute atomic E-state index is 0.189. The molecular formula is C14H13NO2. The Labute approximate surface area is 99.1 Å². The van der Waals surface area contributed by atoms with Crippen molar-refractivity contribution in [3.63, 3.8) is 0 Å². The first kappa shape index (κ1) is 10.3. The molecule has 0 amide bonds. The first-order chi connectivity index (χ1) is 8.15. The highest BCUT2D eigenvalue weighted by Crippen LogP contribution is 2.47. The van der Waals surface area contributed by atoms with Crippen LogP contribution in [0.4, 0.5) is 0 Å². The standard InChI is InChI=1S/C14H13NO2/c1-8-2-3-10-6-9(4-5-13(10)15-8)11-7-12(11)14(16)17/h2-6,11-12H,7H2,1H3,(H,16,17)/t11-,12+/m0/s1. The van der Waals surface area contributed by atoms with Crippen molar-refractivity contribution < 1.29 is 9.90 Å². The molecule has 3 rings (SSSR count). The minimum Gasteiger partial charge on any atom is -0.481 e. The monoisotopic (exact) mass is 227 g/mol. The Hall–Kier alpha value is -1.90. The van der Waals surface area contributed by atoms with Crippen molar-refractivity contribution in [1.82, 2.24) is 4.98 Å². The molecule has 1 aromatic carbocycles. The molecule has 1 N–H and O–H groups in total. The highest BCUT2D eigenvalue weighted by atomic mass is 16.4. The summed E-state index contributed by atoms with van der Waals surface area (Å²) in [6.45, 7) is 1.97. The van der Waals surface area contributed by atoms with Crippen molar-refractivity contribution in [2.24, 2.45) is 5.92 Å². The van der Waals surface area contributed by atoms with Gasteiger partial charge in [0.2, 0.25) is 0 Å². The number of aliphatic carboxylic acids is 1. The van der Waals surface area contributed by atoms with E-state index in [2.05, 4.69) is 11.1 Å². The van der Waals surface area contributed by atoms with E-state index in [1.165, 1.54) is 0 Å². The summed E-state index contributed by atoms with van der Waals surface area (Å²) in [5.74, 6) is -0.679. The summed E-state index contributed by atoms with van der Waals surface area (Å²) in [6, 6.07) is 10.1. The number of rotatable bonds is 2. The van der Waals surface area contributed by atoms with Crippen LogP contribution >= 0.6 is 0 Å². The van der Waals surface area contributed by atoms with Gasteiger partial charge < -0.3 is 5.11 Å². The third kappa shape index (κ3) is 1.78. The number of pyridine rings is 1. The molecular weight excluding hydrogens is 214 g/mol. The summed E-state index contributed by atoms with van der Waals surface area (Å²) >= 11 is 0. The van der Waals surface area contributed by atoms with Gasteiger partial charge >= 0.3 is 5.97 Å². The fourth-order valence-electron chi connectivity index (χ4n) is 2.31. The molecule has 86 valence electrons. The second-order valence-corrected chi connectivity index (χ2v) is 4.69. The third-order valence-electron chi connectivity index (χ3n) is 3.39. The maximum atomic E-state index is 10.8. The molecule has 1 aliphatic rings. The minimum atomic E-state index is -0.683. The summed E-state index contributed by atoms with van der Waals surface area (Å²) in [4.78, 5) is 15.3. The zero-order valence-corrected chi connectivity index (χ0v) is 9.55. The van der Waals surface area contributed by atoms with Gasteiger partial charge in [-0.2, -0.15) is 0 Å². The summed E-state index contributed by atoms with van der Waals surface area (Å²) in [5, 5.41) is 10.0. The predicted molar refractivity (Wildman–Crippen MR) is 65.0 cm³/mol. The van der Waals surface area contributed by atoms with Crippen LogP contribution in [-0.2, 0) is 4.79 Å². The van der Waals surface area contributed by atoms with Crippen LogP contribution in [0.2, 0.25) is 0 Å². The largest absolute Gasteiger partial charge is 0.481 e. The Morgan fingerprint density at radius 2 is 2.18 bits per heavy atom. The second-order valence-electron chi connectivity index (χ2n) is 4.69. The van der Waals surface area contributed by atoms with Gasteiger partial charge in [0, 0.05) is 11.1 Å². The van der Waals surface area contributed by atoms with Crippen molar-refractivity contribution in [2.45, 2.75) is 19.3 Å². The van der Waals surface area contributed by atoms with Gasteiger partial charge in [-0.1, -0.05) is 12.1 Å². The van der Waals surface area contributed by atoms with E-state index in [4.69, 9.17) is 5.11 Å². The molecule has 0 spiro atoms. The average molecular weight is 227 g/mol. The number of aromatic nitrogens is 1. The van der Waals surface area contributed by atoms with Crippen molar-refractivity contribution in [3.8, 4) is 0 Å². The van der Waals surface area contributed by atoms with Gasteiger partial charge in [0.15, 0.2) is 0 Å². The van der Waals surface area contributed by atoms with Crippen molar-refractivity contribution >= 4 is 16.9 Å². The molecule has 0 saturated heterocycles. The number of hydrogen-bond acceptors (Lipinski definition) is 2. The van der Waals surface area contributed by atoms with E-state index in [1.54, 1.807) is 0 Å². The van der Waals surface area contributed by atoms with E-state index >= 15 is 0 Å². The van der Waals surface area contributed by atoms with Gasteiger partial charge in [-0.3, -0.25) is 9.78 Å². The normalized spacial score (nSPS) is 22.6. The quantitative estimate of drug-likeness (QED) is 0.858. The first-order valence-corrected chi connectivity index (χ1v) is 5.75. The summed E-state index contributed by atoms with van der Waals surface area (Å²) in [7, 11) is 0. The number of fused-ring (bicyclic) bond motifs is 1. The summed E-state index contributed by atoms with van der Waals surface area (Å²) in [5.41, 5.74) is 3.09. The van der Waals surface area contributed by atoms with Gasteiger partial charge in [-0.15, -0.1) is 0 Å². The molecule has 3 nitrogen and oxygen atoms in total. The molecule has 1 heterocycles.